The van der Waals surface area contributed by atoms with Crippen LogP contribution in [0.4, 0.5) is 4.39 Å². The van der Waals surface area contributed by atoms with E-state index in [1.54, 1.807) is 24.3 Å². The maximum Gasteiger partial charge on any atom is 0.224 e. The van der Waals surface area contributed by atoms with Crippen molar-refractivity contribution in [3.05, 3.63) is 99.5 Å². The molecule has 176 valence electrons. The molecule has 0 radical (unpaired) electrons. The number of nitrogens with one attached hydrogen (secondary N) is 1. The smallest absolute Gasteiger partial charge is 0.224 e. The molecule has 0 fully saturated rings. The molecule has 4 aromatic rings. The van der Waals surface area contributed by atoms with E-state index < -0.39 is 0 Å². The van der Waals surface area contributed by atoms with E-state index in [1.807, 2.05) is 41.0 Å². The van der Waals surface area contributed by atoms with E-state index in [1.165, 1.54) is 6.07 Å². The summed E-state index contributed by atoms with van der Waals surface area (Å²) in [5.74, 6) is 0.601. The Labute approximate surface area is 208 Å². The zero-order valence-corrected chi connectivity index (χ0v) is 20.2. The maximum absolute atomic E-state index is 14.4. The van der Waals surface area contributed by atoms with Gasteiger partial charge in [0.05, 0.1) is 24.0 Å². The minimum atomic E-state index is -0.314. The number of rotatable bonds is 10. The molecule has 0 saturated carbocycles. The SMILES string of the molecule is O=C(Cc1ccc(Cl)cc1)NCCCCCc1nc2ccccc2n1Cc1c(F)cccc1Cl. The zero-order chi connectivity index (χ0) is 23.9. The molecule has 1 aromatic heterocycles. The fourth-order valence-electron chi connectivity index (χ4n) is 4.00. The summed E-state index contributed by atoms with van der Waals surface area (Å²) in [5.41, 5.74) is 3.26. The molecule has 0 spiro atoms. The summed E-state index contributed by atoms with van der Waals surface area (Å²) in [6.07, 6.45) is 3.86. The molecule has 0 atom stereocenters. The molecule has 7 heteroatoms. The van der Waals surface area contributed by atoms with Crippen molar-refractivity contribution in [3.63, 3.8) is 0 Å². The summed E-state index contributed by atoms with van der Waals surface area (Å²) < 4.78 is 16.5. The van der Waals surface area contributed by atoms with E-state index in [-0.39, 0.29) is 11.7 Å². The number of carbonyl (C=O) groups excluding carboxylic acids is 1. The summed E-state index contributed by atoms with van der Waals surface area (Å²) in [5, 5.41) is 4.05. The molecule has 0 saturated heterocycles. The second-order valence-electron chi connectivity index (χ2n) is 8.27. The number of hydrogen-bond acceptors (Lipinski definition) is 2. The quantitative estimate of drug-likeness (QED) is 0.251. The second kappa shape index (κ2) is 11.5. The lowest BCUT2D eigenvalue weighted by Gasteiger charge is -2.12. The van der Waals surface area contributed by atoms with E-state index >= 15 is 0 Å². The average Bonchev–Trinajstić information content (AvgIpc) is 3.17. The molecule has 1 heterocycles. The Hall–Kier alpha value is -2.89. The van der Waals surface area contributed by atoms with Crippen LogP contribution in [-0.2, 0) is 24.2 Å². The number of amides is 1. The number of aromatic nitrogens is 2. The lowest BCUT2D eigenvalue weighted by Crippen LogP contribution is -2.26. The standard InChI is InChI=1S/C27H26Cl2FN3O/c28-20-14-12-19(13-15-20)17-27(34)31-16-5-1-2-11-26-32-24-9-3-4-10-25(24)33(26)18-21-22(29)7-6-8-23(21)30/h3-4,6-10,12-15H,1-2,5,11,16-18H2,(H,31,34). The molecule has 4 nitrogen and oxygen atoms in total. The zero-order valence-electron chi connectivity index (χ0n) is 18.7. The number of halogens is 3. The molecule has 0 aliphatic heterocycles. The van der Waals surface area contributed by atoms with Crippen LogP contribution in [0.1, 0.15) is 36.2 Å². The first-order valence-corrected chi connectivity index (χ1v) is 12.1. The molecular weight excluding hydrogens is 472 g/mol. The Morgan fingerprint density at radius 1 is 0.941 bits per heavy atom. The number of carbonyl (C=O) groups is 1. The first kappa shape index (κ1) is 24.2. The fourth-order valence-corrected chi connectivity index (χ4v) is 4.35. The van der Waals surface area contributed by atoms with Crippen LogP contribution in [0.5, 0.6) is 0 Å². The maximum atomic E-state index is 14.4. The monoisotopic (exact) mass is 497 g/mol. The predicted octanol–water partition coefficient (Wildman–Crippen LogP) is 6.60. The van der Waals surface area contributed by atoms with E-state index in [9.17, 15) is 9.18 Å². The van der Waals surface area contributed by atoms with Gasteiger partial charge in [0.1, 0.15) is 11.6 Å². The summed E-state index contributed by atoms with van der Waals surface area (Å²) in [4.78, 5) is 16.9. The Bertz CT molecular complexity index is 1250. The van der Waals surface area contributed by atoms with Crippen LogP contribution in [-0.4, -0.2) is 22.0 Å². The van der Waals surface area contributed by atoms with Gasteiger partial charge in [-0.1, -0.05) is 60.0 Å². The van der Waals surface area contributed by atoms with E-state index in [0.29, 0.717) is 35.1 Å². The van der Waals surface area contributed by atoms with Gasteiger partial charge in [0.15, 0.2) is 0 Å². The van der Waals surface area contributed by atoms with Gasteiger partial charge >= 0.3 is 0 Å². The van der Waals surface area contributed by atoms with Crippen molar-refractivity contribution in [3.8, 4) is 0 Å². The molecule has 0 unspecified atom stereocenters. The Morgan fingerprint density at radius 2 is 1.74 bits per heavy atom. The Morgan fingerprint density at radius 3 is 2.53 bits per heavy atom. The number of hydrogen-bond donors (Lipinski definition) is 1. The highest BCUT2D eigenvalue weighted by Crippen LogP contribution is 2.24. The van der Waals surface area contributed by atoms with Gasteiger partial charge in [-0.3, -0.25) is 4.79 Å². The molecule has 1 N–H and O–H groups in total. The van der Waals surface area contributed by atoms with Gasteiger partial charge in [-0.15, -0.1) is 0 Å². The van der Waals surface area contributed by atoms with Crippen LogP contribution in [0.25, 0.3) is 11.0 Å². The predicted molar refractivity (Wildman–Crippen MR) is 136 cm³/mol. The van der Waals surface area contributed by atoms with E-state index in [4.69, 9.17) is 28.2 Å². The molecule has 1 amide bonds. The van der Waals surface area contributed by atoms with Crippen LogP contribution in [0, 0.1) is 5.82 Å². The first-order chi connectivity index (χ1) is 16.5. The van der Waals surface area contributed by atoms with Gasteiger partial charge in [0.2, 0.25) is 5.91 Å². The number of unbranched alkanes of at least 4 members (excludes halogenated alkanes) is 2. The molecular formula is C27H26Cl2FN3O. The van der Waals surface area contributed by atoms with Crippen molar-refractivity contribution < 1.29 is 9.18 Å². The van der Waals surface area contributed by atoms with Gasteiger partial charge in [-0.05, 0) is 54.8 Å². The number of benzene rings is 3. The van der Waals surface area contributed by atoms with Gasteiger partial charge < -0.3 is 9.88 Å². The normalized spacial score (nSPS) is 11.1. The largest absolute Gasteiger partial charge is 0.356 e. The highest BCUT2D eigenvalue weighted by molar-refractivity contribution is 6.31. The van der Waals surface area contributed by atoms with Gasteiger partial charge in [0, 0.05) is 28.6 Å². The lowest BCUT2D eigenvalue weighted by atomic mass is 10.1. The summed E-state index contributed by atoms with van der Waals surface area (Å²) in [6, 6.07) is 19.9. The molecule has 4 rings (SSSR count). The highest BCUT2D eigenvalue weighted by Gasteiger charge is 2.14. The van der Waals surface area contributed by atoms with Gasteiger partial charge in [-0.2, -0.15) is 0 Å². The summed E-state index contributed by atoms with van der Waals surface area (Å²) in [6.45, 7) is 0.968. The van der Waals surface area contributed by atoms with Crippen molar-refractivity contribution in [1.29, 1.82) is 0 Å². The Balaban J connectivity index is 1.31. The highest BCUT2D eigenvalue weighted by atomic mass is 35.5. The van der Waals surface area contributed by atoms with Gasteiger partial charge in [-0.25, -0.2) is 9.37 Å². The third-order valence-corrected chi connectivity index (χ3v) is 6.39. The summed E-state index contributed by atoms with van der Waals surface area (Å²) in [7, 11) is 0. The molecule has 0 bridgehead atoms. The molecule has 0 aliphatic carbocycles. The van der Waals surface area contributed by atoms with Crippen molar-refractivity contribution in [2.45, 2.75) is 38.6 Å². The molecule has 0 aliphatic rings. The van der Waals surface area contributed by atoms with Crippen LogP contribution in [0.3, 0.4) is 0 Å². The number of imidazole rings is 1. The third-order valence-electron chi connectivity index (χ3n) is 5.79. The van der Waals surface area contributed by atoms with E-state index in [0.717, 1.165) is 48.1 Å². The molecule has 3 aromatic carbocycles. The van der Waals surface area contributed by atoms with Crippen LogP contribution in [0.2, 0.25) is 10.0 Å². The Kier molecular flexibility index (Phi) is 8.20. The average molecular weight is 498 g/mol. The minimum Gasteiger partial charge on any atom is -0.356 e. The van der Waals surface area contributed by atoms with Crippen molar-refractivity contribution in [2.75, 3.05) is 6.54 Å². The number of nitrogens with zero attached hydrogens (tertiary/aromatic N) is 2. The summed E-state index contributed by atoms with van der Waals surface area (Å²) >= 11 is 12.2. The number of para-hydroxylation sites is 2. The minimum absolute atomic E-state index is 0.00545. The van der Waals surface area contributed by atoms with Crippen molar-refractivity contribution in [1.82, 2.24) is 14.9 Å². The second-order valence-corrected chi connectivity index (χ2v) is 9.11. The topological polar surface area (TPSA) is 46.9 Å². The van der Waals surface area contributed by atoms with Crippen molar-refractivity contribution >= 4 is 40.1 Å². The fraction of sp³-hybridized carbons (Fsp3) is 0.259. The van der Waals surface area contributed by atoms with E-state index in [2.05, 4.69) is 5.32 Å². The van der Waals surface area contributed by atoms with Crippen LogP contribution >= 0.6 is 23.2 Å². The number of fused-ring (bicyclic) bond motifs is 1. The van der Waals surface area contributed by atoms with Gasteiger partial charge in [0.25, 0.3) is 0 Å². The third kappa shape index (κ3) is 6.16. The molecule has 34 heavy (non-hydrogen) atoms. The number of aryl methyl sites for hydroxylation is 1. The lowest BCUT2D eigenvalue weighted by molar-refractivity contribution is -0.120. The first-order valence-electron chi connectivity index (χ1n) is 11.4. The van der Waals surface area contributed by atoms with Crippen LogP contribution in [0.15, 0.2) is 66.7 Å². The van der Waals surface area contributed by atoms with Crippen molar-refractivity contribution in [2.24, 2.45) is 0 Å². The van der Waals surface area contributed by atoms with Crippen LogP contribution < -0.4 is 5.32 Å².